The standard InChI is InChI=1S/C9H12N2O5S/c10-17(15,16)11(5-6-12)8-3-1-7(2-4-8)9(13)14/h1-4,12H,5-6H2,(H,13,14)(H2,10,15,16). The molecule has 0 fully saturated rings. The first kappa shape index (κ1) is 13.4. The highest BCUT2D eigenvalue weighted by Gasteiger charge is 2.17. The summed E-state index contributed by atoms with van der Waals surface area (Å²) < 4.78 is 23.2. The fourth-order valence-corrected chi connectivity index (χ4v) is 2.02. The van der Waals surface area contributed by atoms with Gasteiger partial charge < -0.3 is 10.2 Å². The van der Waals surface area contributed by atoms with Crippen molar-refractivity contribution in [2.24, 2.45) is 5.14 Å². The Morgan fingerprint density at radius 1 is 1.29 bits per heavy atom. The number of hydrogen-bond acceptors (Lipinski definition) is 4. The van der Waals surface area contributed by atoms with Crippen LogP contribution in [0, 0.1) is 0 Å². The van der Waals surface area contributed by atoms with E-state index in [1.165, 1.54) is 24.3 Å². The highest BCUT2D eigenvalue weighted by Crippen LogP contribution is 2.17. The lowest BCUT2D eigenvalue weighted by Crippen LogP contribution is -2.38. The average molecular weight is 260 g/mol. The molecule has 0 aliphatic rings. The van der Waals surface area contributed by atoms with Gasteiger partial charge in [0.15, 0.2) is 0 Å². The highest BCUT2D eigenvalue weighted by atomic mass is 32.2. The minimum Gasteiger partial charge on any atom is -0.478 e. The van der Waals surface area contributed by atoms with Gasteiger partial charge >= 0.3 is 5.97 Å². The fraction of sp³-hybridized carbons (Fsp3) is 0.222. The number of aliphatic hydroxyl groups excluding tert-OH is 1. The third-order valence-electron chi connectivity index (χ3n) is 2.01. The second kappa shape index (κ2) is 5.13. The maximum absolute atomic E-state index is 11.2. The van der Waals surface area contributed by atoms with Gasteiger partial charge in [0.2, 0.25) is 0 Å². The Kier molecular flexibility index (Phi) is 4.05. The predicted octanol–water partition coefficient (Wildman–Crippen LogP) is -0.613. The molecule has 0 bridgehead atoms. The van der Waals surface area contributed by atoms with Crippen LogP contribution in [0.2, 0.25) is 0 Å². The molecule has 0 saturated carbocycles. The fourth-order valence-electron chi connectivity index (χ4n) is 1.26. The van der Waals surface area contributed by atoms with E-state index in [4.69, 9.17) is 15.4 Å². The van der Waals surface area contributed by atoms with E-state index in [9.17, 15) is 13.2 Å². The van der Waals surface area contributed by atoms with E-state index in [1.54, 1.807) is 0 Å². The third-order valence-corrected chi connectivity index (χ3v) is 3.02. The number of anilines is 1. The van der Waals surface area contributed by atoms with Crippen LogP contribution in [-0.4, -0.2) is 37.8 Å². The summed E-state index contributed by atoms with van der Waals surface area (Å²) in [5.74, 6) is -1.11. The van der Waals surface area contributed by atoms with Crippen molar-refractivity contribution in [3.8, 4) is 0 Å². The lowest BCUT2D eigenvalue weighted by Gasteiger charge is -2.20. The van der Waals surface area contributed by atoms with E-state index < -0.39 is 22.8 Å². The van der Waals surface area contributed by atoms with Crippen LogP contribution in [-0.2, 0) is 10.2 Å². The number of nitrogens with zero attached hydrogens (tertiary/aromatic N) is 1. The van der Waals surface area contributed by atoms with Gasteiger partial charge in [0, 0.05) is 0 Å². The Morgan fingerprint density at radius 2 is 1.82 bits per heavy atom. The zero-order valence-corrected chi connectivity index (χ0v) is 9.59. The molecule has 94 valence electrons. The molecular weight excluding hydrogens is 248 g/mol. The third kappa shape index (κ3) is 3.41. The van der Waals surface area contributed by atoms with Crippen LogP contribution in [0.3, 0.4) is 0 Å². The molecule has 7 nitrogen and oxygen atoms in total. The minimum absolute atomic E-state index is 0.0344. The van der Waals surface area contributed by atoms with E-state index >= 15 is 0 Å². The van der Waals surface area contributed by atoms with E-state index in [2.05, 4.69) is 0 Å². The summed E-state index contributed by atoms with van der Waals surface area (Å²) >= 11 is 0. The molecular formula is C9H12N2O5S. The van der Waals surface area contributed by atoms with Crippen molar-refractivity contribution in [2.45, 2.75) is 0 Å². The summed E-state index contributed by atoms with van der Waals surface area (Å²) in [6.07, 6.45) is 0. The van der Waals surface area contributed by atoms with E-state index in [1.807, 2.05) is 0 Å². The molecule has 0 heterocycles. The molecule has 0 amide bonds. The van der Waals surface area contributed by atoms with Crippen LogP contribution in [0.25, 0.3) is 0 Å². The zero-order chi connectivity index (χ0) is 13.1. The summed E-state index contributed by atoms with van der Waals surface area (Å²) in [6, 6.07) is 5.13. The number of carboxylic acid groups (broad SMARTS) is 1. The van der Waals surface area contributed by atoms with Crippen molar-refractivity contribution in [3.05, 3.63) is 29.8 Å². The summed E-state index contributed by atoms with van der Waals surface area (Å²) in [5.41, 5.74) is 0.235. The van der Waals surface area contributed by atoms with Gasteiger partial charge in [-0.05, 0) is 24.3 Å². The zero-order valence-electron chi connectivity index (χ0n) is 8.78. The Labute approximate surface area is 98.3 Å². The highest BCUT2D eigenvalue weighted by molar-refractivity contribution is 7.90. The van der Waals surface area contributed by atoms with Gasteiger partial charge in [-0.2, -0.15) is 8.42 Å². The number of hydrogen-bond donors (Lipinski definition) is 3. The van der Waals surface area contributed by atoms with Crippen LogP contribution < -0.4 is 9.44 Å². The molecule has 1 rings (SSSR count). The smallest absolute Gasteiger partial charge is 0.335 e. The number of carbonyl (C=O) groups is 1. The average Bonchev–Trinajstić information content (AvgIpc) is 2.24. The molecule has 1 aromatic carbocycles. The maximum Gasteiger partial charge on any atom is 0.335 e. The second-order valence-electron chi connectivity index (χ2n) is 3.19. The van der Waals surface area contributed by atoms with Gasteiger partial charge in [-0.25, -0.2) is 9.93 Å². The second-order valence-corrected chi connectivity index (χ2v) is 4.66. The summed E-state index contributed by atoms with van der Waals surface area (Å²) in [4.78, 5) is 10.6. The topological polar surface area (TPSA) is 121 Å². The SMILES string of the molecule is NS(=O)(=O)N(CCO)c1ccc(C(=O)O)cc1. The van der Waals surface area contributed by atoms with Gasteiger partial charge in [-0.1, -0.05) is 0 Å². The molecule has 0 aromatic heterocycles. The lowest BCUT2D eigenvalue weighted by atomic mass is 10.2. The first-order chi connectivity index (χ1) is 7.86. The molecule has 0 saturated heterocycles. The van der Waals surface area contributed by atoms with Crippen LogP contribution in [0.15, 0.2) is 24.3 Å². The first-order valence-electron chi connectivity index (χ1n) is 4.61. The first-order valence-corrected chi connectivity index (χ1v) is 6.11. The van der Waals surface area contributed by atoms with E-state index in [-0.39, 0.29) is 17.8 Å². The van der Waals surface area contributed by atoms with E-state index in [0.29, 0.717) is 0 Å². The predicted molar refractivity (Wildman–Crippen MR) is 60.9 cm³/mol. The van der Waals surface area contributed by atoms with Gasteiger partial charge in [0.25, 0.3) is 10.2 Å². The minimum atomic E-state index is -3.99. The molecule has 0 aliphatic heterocycles. The normalized spacial score (nSPS) is 11.2. The van der Waals surface area contributed by atoms with Crippen molar-refractivity contribution in [1.29, 1.82) is 0 Å². The molecule has 0 radical (unpaired) electrons. The van der Waals surface area contributed by atoms with Crippen molar-refractivity contribution < 1.29 is 23.4 Å². The molecule has 8 heteroatoms. The Hall–Kier alpha value is -1.64. The molecule has 0 aliphatic carbocycles. The Balaban J connectivity index is 3.08. The molecule has 4 N–H and O–H groups in total. The molecule has 1 aromatic rings. The maximum atomic E-state index is 11.2. The molecule has 0 unspecified atom stereocenters. The summed E-state index contributed by atoms with van der Waals surface area (Å²) in [7, 11) is -3.99. The molecule has 17 heavy (non-hydrogen) atoms. The van der Waals surface area contributed by atoms with E-state index in [0.717, 1.165) is 4.31 Å². The number of carboxylic acids is 1. The molecule has 0 spiro atoms. The Morgan fingerprint density at radius 3 is 2.18 bits per heavy atom. The van der Waals surface area contributed by atoms with Crippen molar-refractivity contribution >= 4 is 21.9 Å². The van der Waals surface area contributed by atoms with Gasteiger partial charge in [-0.3, -0.25) is 4.31 Å². The van der Waals surface area contributed by atoms with Gasteiger partial charge in [0.1, 0.15) is 0 Å². The number of aromatic carboxylic acids is 1. The van der Waals surface area contributed by atoms with Crippen molar-refractivity contribution in [1.82, 2.24) is 0 Å². The van der Waals surface area contributed by atoms with Crippen LogP contribution in [0.5, 0.6) is 0 Å². The quantitative estimate of drug-likeness (QED) is 0.652. The van der Waals surface area contributed by atoms with Crippen LogP contribution in [0.1, 0.15) is 10.4 Å². The number of rotatable bonds is 5. The van der Waals surface area contributed by atoms with Crippen LogP contribution in [0.4, 0.5) is 5.69 Å². The summed E-state index contributed by atoms with van der Waals surface area (Å²) in [5, 5.41) is 22.4. The Bertz CT molecular complexity index is 497. The monoisotopic (exact) mass is 260 g/mol. The van der Waals surface area contributed by atoms with Crippen molar-refractivity contribution in [3.63, 3.8) is 0 Å². The molecule has 0 atom stereocenters. The van der Waals surface area contributed by atoms with Crippen LogP contribution >= 0.6 is 0 Å². The lowest BCUT2D eigenvalue weighted by molar-refractivity contribution is 0.0697. The van der Waals surface area contributed by atoms with Gasteiger partial charge in [-0.15, -0.1) is 0 Å². The largest absolute Gasteiger partial charge is 0.478 e. The number of aliphatic hydroxyl groups is 1. The van der Waals surface area contributed by atoms with Crippen molar-refractivity contribution in [2.75, 3.05) is 17.5 Å². The van der Waals surface area contributed by atoms with Gasteiger partial charge in [0.05, 0.1) is 24.4 Å². The summed E-state index contributed by atoms with van der Waals surface area (Å²) in [6.45, 7) is -0.581. The number of benzene rings is 1. The number of nitrogens with two attached hydrogens (primary N) is 1.